The zero-order valence-electron chi connectivity index (χ0n) is 13.4. The maximum absolute atomic E-state index is 12.7. The van der Waals surface area contributed by atoms with Crippen LogP contribution in [-0.2, 0) is 10.2 Å². The molecule has 1 fully saturated rings. The van der Waals surface area contributed by atoms with Crippen LogP contribution in [0.4, 0.5) is 0 Å². The lowest BCUT2D eigenvalue weighted by molar-refractivity contribution is -0.145. The van der Waals surface area contributed by atoms with Crippen molar-refractivity contribution in [3.05, 3.63) is 69.7 Å². The third kappa shape index (κ3) is 3.37. The zero-order chi connectivity index (χ0) is 18.0. The fraction of sp³-hybridized carbons (Fsp3) is 0.263. The van der Waals surface area contributed by atoms with Crippen LogP contribution in [0.15, 0.2) is 48.5 Å². The van der Waals surface area contributed by atoms with E-state index in [0.29, 0.717) is 41.5 Å². The number of hydrogen-bond donors (Lipinski definition) is 1. The number of amides is 1. The Labute approximate surface area is 156 Å². The molecule has 3 rings (SSSR count). The monoisotopic (exact) mass is 377 g/mol. The molecule has 1 heterocycles. The number of hydrogen-bond acceptors (Lipinski definition) is 2. The van der Waals surface area contributed by atoms with E-state index in [-0.39, 0.29) is 5.91 Å². The van der Waals surface area contributed by atoms with Crippen molar-refractivity contribution in [2.24, 2.45) is 0 Å². The van der Waals surface area contributed by atoms with Crippen molar-refractivity contribution in [2.75, 3.05) is 13.1 Å². The summed E-state index contributed by atoms with van der Waals surface area (Å²) < 4.78 is 0. The molecular formula is C19H17Cl2NO3. The highest BCUT2D eigenvalue weighted by molar-refractivity contribution is 6.42. The summed E-state index contributed by atoms with van der Waals surface area (Å²) >= 11 is 11.9. The summed E-state index contributed by atoms with van der Waals surface area (Å²) in [5.74, 6) is -1.01. The van der Waals surface area contributed by atoms with Crippen LogP contribution < -0.4 is 0 Å². The highest BCUT2D eigenvalue weighted by Gasteiger charge is 2.43. The maximum Gasteiger partial charge on any atom is 0.314 e. The molecule has 1 N–H and O–H groups in total. The minimum atomic E-state index is -0.949. The molecule has 6 heteroatoms. The van der Waals surface area contributed by atoms with E-state index in [4.69, 9.17) is 23.2 Å². The van der Waals surface area contributed by atoms with Gasteiger partial charge in [-0.15, -0.1) is 0 Å². The summed E-state index contributed by atoms with van der Waals surface area (Å²) in [6.07, 6.45) is 0.749. The van der Waals surface area contributed by atoms with Gasteiger partial charge in [-0.05, 0) is 36.6 Å². The van der Waals surface area contributed by atoms with Crippen LogP contribution in [0.2, 0.25) is 10.0 Å². The van der Waals surface area contributed by atoms with Gasteiger partial charge in [-0.3, -0.25) is 9.59 Å². The third-order valence-electron chi connectivity index (χ3n) is 4.81. The van der Waals surface area contributed by atoms with Gasteiger partial charge in [0.25, 0.3) is 5.91 Å². The van der Waals surface area contributed by atoms with E-state index < -0.39 is 11.4 Å². The fourth-order valence-corrected chi connectivity index (χ4v) is 3.58. The highest BCUT2D eigenvalue weighted by Crippen LogP contribution is 2.36. The number of rotatable bonds is 3. The van der Waals surface area contributed by atoms with E-state index in [1.165, 1.54) is 0 Å². The Morgan fingerprint density at radius 1 is 0.960 bits per heavy atom. The standard InChI is InChI=1S/C19H17Cl2NO3/c20-15-7-6-13(12-16(15)21)17(23)22-10-8-19(9-11-22,18(24)25)14-4-2-1-3-5-14/h1-7,12H,8-11H2,(H,24,25). The summed E-state index contributed by atoms with van der Waals surface area (Å²) in [6, 6.07) is 14.0. The molecule has 0 spiro atoms. The third-order valence-corrected chi connectivity index (χ3v) is 5.55. The van der Waals surface area contributed by atoms with Crippen molar-refractivity contribution >= 4 is 35.1 Å². The van der Waals surface area contributed by atoms with Crippen molar-refractivity contribution in [3.63, 3.8) is 0 Å². The molecule has 1 amide bonds. The number of benzene rings is 2. The zero-order valence-corrected chi connectivity index (χ0v) is 14.9. The number of likely N-dealkylation sites (tertiary alicyclic amines) is 1. The Bertz CT molecular complexity index is 800. The smallest absolute Gasteiger partial charge is 0.314 e. The second-order valence-corrected chi connectivity index (χ2v) is 6.99. The maximum atomic E-state index is 12.7. The van der Waals surface area contributed by atoms with Crippen LogP contribution in [-0.4, -0.2) is 35.0 Å². The molecule has 1 saturated heterocycles. The SMILES string of the molecule is O=C(c1ccc(Cl)c(Cl)c1)N1CCC(C(=O)O)(c2ccccc2)CC1. The molecule has 0 atom stereocenters. The molecule has 0 aromatic heterocycles. The number of carbonyl (C=O) groups is 2. The van der Waals surface area contributed by atoms with Crippen molar-refractivity contribution in [1.82, 2.24) is 4.90 Å². The van der Waals surface area contributed by atoms with E-state index in [2.05, 4.69) is 0 Å². The molecular weight excluding hydrogens is 361 g/mol. The summed E-state index contributed by atoms with van der Waals surface area (Å²) in [6.45, 7) is 0.751. The van der Waals surface area contributed by atoms with E-state index in [0.717, 1.165) is 5.56 Å². The second-order valence-electron chi connectivity index (χ2n) is 6.17. The summed E-state index contributed by atoms with van der Waals surface area (Å²) in [5.41, 5.74) is 0.288. The molecule has 0 saturated carbocycles. The van der Waals surface area contributed by atoms with Gasteiger partial charge in [0.05, 0.1) is 15.5 Å². The lowest BCUT2D eigenvalue weighted by Crippen LogP contribution is -2.49. The number of aliphatic carboxylic acids is 1. The van der Waals surface area contributed by atoms with Gasteiger partial charge in [0.1, 0.15) is 0 Å². The van der Waals surface area contributed by atoms with Crippen LogP contribution in [0.1, 0.15) is 28.8 Å². The minimum Gasteiger partial charge on any atom is -0.481 e. The van der Waals surface area contributed by atoms with Crippen LogP contribution in [0.5, 0.6) is 0 Å². The van der Waals surface area contributed by atoms with Gasteiger partial charge in [0, 0.05) is 18.7 Å². The average Bonchev–Trinajstić information content (AvgIpc) is 2.64. The Hall–Kier alpha value is -2.04. The van der Waals surface area contributed by atoms with Gasteiger partial charge in [0.15, 0.2) is 0 Å². The fourth-order valence-electron chi connectivity index (χ4n) is 3.29. The van der Waals surface area contributed by atoms with Crippen molar-refractivity contribution in [2.45, 2.75) is 18.3 Å². The van der Waals surface area contributed by atoms with Crippen molar-refractivity contribution in [3.8, 4) is 0 Å². The van der Waals surface area contributed by atoms with Gasteiger partial charge in [-0.2, -0.15) is 0 Å². The highest BCUT2D eigenvalue weighted by atomic mass is 35.5. The predicted octanol–water partition coefficient (Wildman–Crippen LogP) is 4.25. The van der Waals surface area contributed by atoms with Gasteiger partial charge in [-0.1, -0.05) is 53.5 Å². The average molecular weight is 378 g/mol. The van der Waals surface area contributed by atoms with E-state index in [9.17, 15) is 14.7 Å². The molecule has 0 radical (unpaired) electrons. The Morgan fingerprint density at radius 3 is 2.16 bits per heavy atom. The molecule has 0 aliphatic carbocycles. The van der Waals surface area contributed by atoms with Crippen LogP contribution in [0, 0.1) is 0 Å². The molecule has 4 nitrogen and oxygen atoms in total. The number of halogens is 2. The molecule has 2 aromatic rings. The Balaban J connectivity index is 1.79. The van der Waals surface area contributed by atoms with E-state index >= 15 is 0 Å². The van der Waals surface area contributed by atoms with Gasteiger partial charge < -0.3 is 10.0 Å². The lowest BCUT2D eigenvalue weighted by atomic mass is 9.73. The molecule has 0 bridgehead atoms. The topological polar surface area (TPSA) is 57.6 Å². The first-order chi connectivity index (χ1) is 11.9. The van der Waals surface area contributed by atoms with Crippen LogP contribution >= 0.6 is 23.2 Å². The summed E-state index contributed by atoms with van der Waals surface area (Å²) in [7, 11) is 0. The van der Waals surface area contributed by atoms with Crippen molar-refractivity contribution in [1.29, 1.82) is 0 Å². The molecule has 0 unspecified atom stereocenters. The molecule has 130 valence electrons. The Kier molecular flexibility index (Phi) is 5.02. The molecule has 1 aliphatic rings. The first-order valence-electron chi connectivity index (χ1n) is 7.97. The van der Waals surface area contributed by atoms with Gasteiger partial charge >= 0.3 is 5.97 Å². The largest absolute Gasteiger partial charge is 0.481 e. The van der Waals surface area contributed by atoms with Crippen LogP contribution in [0.25, 0.3) is 0 Å². The van der Waals surface area contributed by atoms with Crippen molar-refractivity contribution < 1.29 is 14.7 Å². The first-order valence-corrected chi connectivity index (χ1v) is 8.73. The number of carbonyl (C=O) groups excluding carboxylic acids is 1. The molecule has 2 aromatic carbocycles. The summed E-state index contributed by atoms with van der Waals surface area (Å²) in [5, 5.41) is 10.5. The van der Waals surface area contributed by atoms with Gasteiger partial charge in [0.2, 0.25) is 0 Å². The first kappa shape index (κ1) is 17.8. The predicted molar refractivity (Wildman–Crippen MR) is 97.4 cm³/mol. The normalized spacial score (nSPS) is 16.5. The lowest BCUT2D eigenvalue weighted by Gasteiger charge is -2.39. The van der Waals surface area contributed by atoms with Crippen LogP contribution in [0.3, 0.4) is 0 Å². The quantitative estimate of drug-likeness (QED) is 0.869. The number of carboxylic acids is 1. The minimum absolute atomic E-state index is 0.161. The van der Waals surface area contributed by atoms with E-state index in [1.807, 2.05) is 30.3 Å². The Morgan fingerprint density at radius 2 is 1.60 bits per heavy atom. The van der Waals surface area contributed by atoms with Gasteiger partial charge in [-0.25, -0.2) is 0 Å². The summed E-state index contributed by atoms with van der Waals surface area (Å²) in [4.78, 5) is 26.3. The number of nitrogens with zero attached hydrogens (tertiary/aromatic N) is 1. The van der Waals surface area contributed by atoms with E-state index in [1.54, 1.807) is 23.1 Å². The number of piperidine rings is 1. The molecule has 25 heavy (non-hydrogen) atoms. The molecule has 1 aliphatic heterocycles. The second kappa shape index (κ2) is 7.06. The number of carboxylic acid groups (broad SMARTS) is 1.